The van der Waals surface area contributed by atoms with Crippen LogP contribution >= 0.6 is 11.3 Å². The van der Waals surface area contributed by atoms with E-state index in [-0.39, 0.29) is 0 Å². The van der Waals surface area contributed by atoms with Crippen molar-refractivity contribution in [1.29, 1.82) is 0 Å². The molecule has 0 aliphatic rings. The predicted molar refractivity (Wildman–Crippen MR) is 61.1 cm³/mol. The molecule has 0 aliphatic heterocycles. The van der Waals surface area contributed by atoms with Crippen LogP contribution in [0.2, 0.25) is 0 Å². The van der Waals surface area contributed by atoms with E-state index < -0.39 is 0 Å². The Balaban J connectivity index is 2.35. The molecule has 14 heavy (non-hydrogen) atoms. The third kappa shape index (κ3) is 3.64. The number of nitrogens with one attached hydrogen (secondary N) is 1. The number of hydrogen-bond donors (Lipinski definition) is 1. The lowest BCUT2D eigenvalue weighted by molar-refractivity contribution is 0.141. The fourth-order valence-corrected chi connectivity index (χ4v) is 1.95. The first-order valence-corrected chi connectivity index (χ1v) is 5.86. The molecular weight excluding hydrogens is 196 g/mol. The van der Waals surface area contributed by atoms with Crippen molar-refractivity contribution in [2.75, 3.05) is 18.5 Å². The van der Waals surface area contributed by atoms with Crippen LogP contribution in [0.3, 0.4) is 0 Å². The SMILES string of the molecule is CCOCC(C)Nc1ncc(CC)s1. The Morgan fingerprint density at radius 3 is 2.93 bits per heavy atom. The molecule has 1 N–H and O–H groups in total. The van der Waals surface area contributed by atoms with Gasteiger partial charge in [0.15, 0.2) is 5.13 Å². The molecule has 1 rings (SSSR count). The molecule has 0 saturated heterocycles. The lowest BCUT2D eigenvalue weighted by Crippen LogP contribution is -2.21. The molecule has 0 aliphatic carbocycles. The van der Waals surface area contributed by atoms with Gasteiger partial charge in [0.25, 0.3) is 0 Å². The summed E-state index contributed by atoms with van der Waals surface area (Å²) in [4.78, 5) is 5.60. The monoisotopic (exact) mass is 214 g/mol. The minimum Gasteiger partial charge on any atom is -0.380 e. The van der Waals surface area contributed by atoms with Gasteiger partial charge in [-0.25, -0.2) is 4.98 Å². The lowest BCUT2D eigenvalue weighted by atomic mass is 10.4. The second-order valence-corrected chi connectivity index (χ2v) is 4.31. The van der Waals surface area contributed by atoms with E-state index in [1.165, 1.54) is 4.88 Å². The number of rotatable bonds is 6. The van der Waals surface area contributed by atoms with Gasteiger partial charge in [-0.15, -0.1) is 11.3 Å². The Morgan fingerprint density at radius 2 is 2.36 bits per heavy atom. The van der Waals surface area contributed by atoms with Gasteiger partial charge >= 0.3 is 0 Å². The van der Waals surface area contributed by atoms with Crippen LogP contribution in [-0.4, -0.2) is 24.2 Å². The van der Waals surface area contributed by atoms with Gasteiger partial charge < -0.3 is 10.1 Å². The van der Waals surface area contributed by atoms with Gasteiger partial charge in [-0.3, -0.25) is 0 Å². The van der Waals surface area contributed by atoms with E-state index >= 15 is 0 Å². The Labute approximate surface area is 89.5 Å². The predicted octanol–water partition coefficient (Wildman–Crippen LogP) is 2.54. The average molecular weight is 214 g/mol. The summed E-state index contributed by atoms with van der Waals surface area (Å²) in [6, 6.07) is 0.325. The maximum atomic E-state index is 5.31. The van der Waals surface area contributed by atoms with Gasteiger partial charge in [0.2, 0.25) is 0 Å². The molecule has 0 aromatic carbocycles. The fraction of sp³-hybridized carbons (Fsp3) is 0.700. The molecule has 0 saturated carbocycles. The van der Waals surface area contributed by atoms with Crippen LogP contribution in [0.1, 0.15) is 25.6 Å². The zero-order chi connectivity index (χ0) is 10.4. The van der Waals surface area contributed by atoms with E-state index in [2.05, 4.69) is 24.1 Å². The third-order valence-corrected chi connectivity index (χ3v) is 2.92. The van der Waals surface area contributed by atoms with Gasteiger partial charge in [-0.1, -0.05) is 6.92 Å². The molecule has 1 heterocycles. The highest BCUT2D eigenvalue weighted by molar-refractivity contribution is 7.15. The van der Waals surface area contributed by atoms with Crippen LogP contribution in [0.4, 0.5) is 5.13 Å². The number of thiazole rings is 1. The van der Waals surface area contributed by atoms with E-state index in [0.717, 1.165) is 24.8 Å². The van der Waals surface area contributed by atoms with Crippen molar-refractivity contribution in [1.82, 2.24) is 4.98 Å². The number of aryl methyl sites for hydroxylation is 1. The van der Waals surface area contributed by atoms with Crippen LogP contribution < -0.4 is 5.32 Å². The number of ether oxygens (including phenoxy) is 1. The smallest absolute Gasteiger partial charge is 0.183 e. The van der Waals surface area contributed by atoms with E-state index in [4.69, 9.17) is 4.74 Å². The van der Waals surface area contributed by atoms with Gasteiger partial charge in [0.1, 0.15) is 0 Å². The highest BCUT2D eigenvalue weighted by Crippen LogP contribution is 2.18. The summed E-state index contributed by atoms with van der Waals surface area (Å²) >= 11 is 1.72. The third-order valence-electron chi connectivity index (χ3n) is 1.84. The normalized spacial score (nSPS) is 12.8. The van der Waals surface area contributed by atoms with E-state index in [1.54, 1.807) is 11.3 Å². The second kappa shape index (κ2) is 5.98. The van der Waals surface area contributed by atoms with Crippen LogP contribution in [0, 0.1) is 0 Å². The summed E-state index contributed by atoms with van der Waals surface area (Å²) < 4.78 is 5.31. The Morgan fingerprint density at radius 1 is 1.57 bits per heavy atom. The second-order valence-electron chi connectivity index (χ2n) is 3.19. The molecule has 1 aromatic rings. The van der Waals surface area contributed by atoms with Crippen LogP contribution in [-0.2, 0) is 11.2 Å². The Bertz CT molecular complexity index is 262. The first-order valence-electron chi connectivity index (χ1n) is 5.05. The molecule has 0 radical (unpaired) electrons. The maximum Gasteiger partial charge on any atom is 0.183 e. The summed E-state index contributed by atoms with van der Waals surface area (Å²) in [5.41, 5.74) is 0. The Kier molecular flexibility index (Phi) is 4.90. The number of nitrogens with zero attached hydrogens (tertiary/aromatic N) is 1. The average Bonchev–Trinajstić information content (AvgIpc) is 2.62. The zero-order valence-corrected chi connectivity index (χ0v) is 9.86. The molecule has 3 nitrogen and oxygen atoms in total. The number of anilines is 1. The fourth-order valence-electron chi connectivity index (χ4n) is 1.08. The molecule has 0 fully saturated rings. The van der Waals surface area contributed by atoms with Crippen molar-refractivity contribution in [2.24, 2.45) is 0 Å². The van der Waals surface area contributed by atoms with Crippen LogP contribution in [0.5, 0.6) is 0 Å². The van der Waals surface area contributed by atoms with Crippen molar-refractivity contribution in [3.63, 3.8) is 0 Å². The van der Waals surface area contributed by atoms with Crippen molar-refractivity contribution < 1.29 is 4.74 Å². The highest BCUT2D eigenvalue weighted by Gasteiger charge is 2.04. The molecule has 1 atom stereocenters. The van der Waals surface area contributed by atoms with E-state index in [1.807, 2.05) is 13.1 Å². The lowest BCUT2D eigenvalue weighted by Gasteiger charge is -2.11. The number of aromatic nitrogens is 1. The van der Waals surface area contributed by atoms with Gasteiger partial charge in [0.05, 0.1) is 6.61 Å². The minimum absolute atomic E-state index is 0.325. The Hall–Kier alpha value is -0.610. The van der Waals surface area contributed by atoms with Crippen LogP contribution in [0.25, 0.3) is 0 Å². The molecule has 4 heteroatoms. The van der Waals surface area contributed by atoms with Gasteiger partial charge in [-0.2, -0.15) is 0 Å². The number of hydrogen-bond acceptors (Lipinski definition) is 4. The van der Waals surface area contributed by atoms with Crippen molar-refractivity contribution in [3.8, 4) is 0 Å². The summed E-state index contributed by atoms with van der Waals surface area (Å²) in [6.45, 7) is 7.75. The summed E-state index contributed by atoms with van der Waals surface area (Å²) in [5, 5.41) is 4.31. The summed E-state index contributed by atoms with van der Waals surface area (Å²) in [6.07, 6.45) is 2.99. The topological polar surface area (TPSA) is 34.1 Å². The molecule has 80 valence electrons. The molecular formula is C10H18N2OS. The highest BCUT2D eigenvalue weighted by atomic mass is 32.1. The molecule has 1 unspecified atom stereocenters. The van der Waals surface area contributed by atoms with Crippen molar-refractivity contribution in [3.05, 3.63) is 11.1 Å². The van der Waals surface area contributed by atoms with Crippen molar-refractivity contribution in [2.45, 2.75) is 33.2 Å². The molecule has 0 bridgehead atoms. The first kappa shape index (κ1) is 11.5. The van der Waals surface area contributed by atoms with Gasteiger partial charge in [0, 0.05) is 23.7 Å². The minimum atomic E-state index is 0.325. The van der Waals surface area contributed by atoms with Crippen molar-refractivity contribution >= 4 is 16.5 Å². The van der Waals surface area contributed by atoms with E-state index in [9.17, 15) is 0 Å². The largest absolute Gasteiger partial charge is 0.380 e. The molecule has 1 aromatic heterocycles. The first-order chi connectivity index (χ1) is 6.76. The standard InChI is InChI=1S/C10H18N2OS/c1-4-9-6-11-10(14-9)12-8(3)7-13-5-2/h6,8H,4-5,7H2,1-3H3,(H,11,12). The van der Waals surface area contributed by atoms with E-state index in [0.29, 0.717) is 6.04 Å². The molecule has 0 amide bonds. The molecule has 0 spiro atoms. The summed E-state index contributed by atoms with van der Waals surface area (Å²) in [7, 11) is 0. The van der Waals surface area contributed by atoms with Gasteiger partial charge in [-0.05, 0) is 20.3 Å². The zero-order valence-electron chi connectivity index (χ0n) is 9.04. The quantitative estimate of drug-likeness (QED) is 0.790. The maximum absolute atomic E-state index is 5.31. The summed E-state index contributed by atoms with van der Waals surface area (Å²) in [5.74, 6) is 0. The van der Waals surface area contributed by atoms with Crippen LogP contribution in [0.15, 0.2) is 6.20 Å².